The molecule has 0 atom stereocenters. The third-order valence-corrected chi connectivity index (χ3v) is 5.47. The van der Waals surface area contributed by atoms with E-state index in [1.54, 1.807) is 12.1 Å². The number of carbonyl (C=O) groups excluding carboxylic acids is 1. The molecule has 6 nitrogen and oxygen atoms in total. The van der Waals surface area contributed by atoms with Crippen molar-refractivity contribution in [2.24, 2.45) is 0 Å². The maximum Gasteiger partial charge on any atom is 0.255 e. The molecule has 2 aromatic carbocycles. The Labute approximate surface area is 168 Å². The summed E-state index contributed by atoms with van der Waals surface area (Å²) in [5.41, 5.74) is 11.9. The molecule has 6 heteroatoms. The van der Waals surface area contributed by atoms with E-state index in [9.17, 15) is 4.79 Å². The Hall–Kier alpha value is -3.67. The zero-order chi connectivity index (χ0) is 19.8. The highest BCUT2D eigenvalue weighted by Crippen LogP contribution is 2.39. The van der Waals surface area contributed by atoms with Crippen LogP contribution in [0.5, 0.6) is 0 Å². The van der Waals surface area contributed by atoms with Crippen molar-refractivity contribution in [2.75, 3.05) is 11.1 Å². The first kappa shape index (κ1) is 17.4. The first-order chi connectivity index (χ1) is 14.2. The Kier molecular flexibility index (Phi) is 4.24. The molecule has 1 aliphatic rings. The normalized spacial score (nSPS) is 13.2. The topological polar surface area (TPSA) is 85.8 Å². The predicted molar refractivity (Wildman–Crippen MR) is 115 cm³/mol. The summed E-state index contributed by atoms with van der Waals surface area (Å²) in [6, 6.07) is 17.1. The maximum atomic E-state index is 12.6. The van der Waals surface area contributed by atoms with Crippen LogP contribution < -0.4 is 11.1 Å². The fourth-order valence-corrected chi connectivity index (χ4v) is 4.16. The van der Waals surface area contributed by atoms with E-state index in [2.05, 4.69) is 25.9 Å². The zero-order valence-electron chi connectivity index (χ0n) is 15.9. The number of hydrogen-bond donors (Lipinski definition) is 2. The number of nitrogens with two attached hydrogens (primary N) is 1. The summed E-state index contributed by atoms with van der Waals surface area (Å²) in [7, 11) is 0. The first-order valence-corrected chi connectivity index (χ1v) is 9.81. The van der Waals surface area contributed by atoms with Crippen LogP contribution in [0.1, 0.15) is 28.9 Å². The van der Waals surface area contributed by atoms with Gasteiger partial charge < -0.3 is 15.6 Å². The van der Waals surface area contributed by atoms with E-state index in [0.717, 1.165) is 53.7 Å². The fourth-order valence-electron chi connectivity index (χ4n) is 4.16. The maximum absolute atomic E-state index is 12.6. The second-order valence-electron chi connectivity index (χ2n) is 7.29. The van der Waals surface area contributed by atoms with Gasteiger partial charge in [-0.15, -0.1) is 0 Å². The molecule has 0 saturated carbocycles. The average Bonchev–Trinajstić information content (AvgIpc) is 3.10. The number of aryl methyl sites for hydroxylation is 1. The number of carbonyl (C=O) groups is 1. The van der Waals surface area contributed by atoms with Gasteiger partial charge in [0.1, 0.15) is 17.8 Å². The van der Waals surface area contributed by atoms with Crippen LogP contribution >= 0.6 is 0 Å². The van der Waals surface area contributed by atoms with Crippen LogP contribution in [-0.2, 0) is 13.0 Å². The molecule has 0 fully saturated rings. The van der Waals surface area contributed by atoms with Crippen LogP contribution in [0, 0.1) is 0 Å². The van der Waals surface area contributed by atoms with Crippen LogP contribution in [0.2, 0.25) is 0 Å². The number of benzene rings is 2. The smallest absolute Gasteiger partial charge is 0.255 e. The summed E-state index contributed by atoms with van der Waals surface area (Å²) in [6.45, 7) is 0.937. The highest BCUT2D eigenvalue weighted by Gasteiger charge is 2.24. The molecule has 0 unspecified atom stereocenters. The molecule has 3 N–H and O–H groups in total. The van der Waals surface area contributed by atoms with Crippen molar-refractivity contribution >= 4 is 28.4 Å². The summed E-state index contributed by atoms with van der Waals surface area (Å²) >= 11 is 0. The van der Waals surface area contributed by atoms with Crippen LogP contribution in [0.4, 0.5) is 11.5 Å². The number of anilines is 2. The monoisotopic (exact) mass is 383 g/mol. The van der Waals surface area contributed by atoms with Gasteiger partial charge in [-0.25, -0.2) is 9.97 Å². The van der Waals surface area contributed by atoms with Crippen molar-refractivity contribution in [3.05, 3.63) is 72.2 Å². The van der Waals surface area contributed by atoms with Crippen molar-refractivity contribution in [1.29, 1.82) is 0 Å². The molecule has 0 saturated heterocycles. The summed E-state index contributed by atoms with van der Waals surface area (Å²) in [5, 5.41) is 3.89. The number of hydrogen-bond acceptors (Lipinski definition) is 4. The van der Waals surface area contributed by atoms with E-state index in [0.29, 0.717) is 11.4 Å². The largest absolute Gasteiger partial charge is 0.383 e. The average molecular weight is 383 g/mol. The molecular weight excluding hydrogens is 362 g/mol. The number of nitrogens with one attached hydrogen (secondary N) is 1. The number of nitrogens with zero attached hydrogens (tertiary/aromatic N) is 3. The molecule has 0 bridgehead atoms. The Morgan fingerprint density at radius 3 is 2.76 bits per heavy atom. The molecule has 5 rings (SSSR count). The third kappa shape index (κ3) is 3.02. The highest BCUT2D eigenvalue weighted by molar-refractivity contribution is 6.06. The van der Waals surface area contributed by atoms with Gasteiger partial charge in [-0.3, -0.25) is 4.79 Å². The minimum atomic E-state index is -0.130. The summed E-state index contributed by atoms with van der Waals surface area (Å²) in [4.78, 5) is 21.3. The summed E-state index contributed by atoms with van der Waals surface area (Å²) in [6.07, 6.45) is 4.78. The number of amides is 1. The molecular formula is C23H21N5O. The van der Waals surface area contributed by atoms with E-state index in [4.69, 9.17) is 5.73 Å². The number of aromatic nitrogens is 3. The van der Waals surface area contributed by atoms with Gasteiger partial charge in [0.25, 0.3) is 5.91 Å². The second-order valence-corrected chi connectivity index (χ2v) is 7.29. The molecule has 3 heterocycles. The van der Waals surface area contributed by atoms with Crippen LogP contribution in [-0.4, -0.2) is 20.4 Å². The summed E-state index contributed by atoms with van der Waals surface area (Å²) in [5.74, 6) is 0.361. The van der Waals surface area contributed by atoms with Gasteiger partial charge >= 0.3 is 0 Å². The molecule has 1 aliphatic heterocycles. The zero-order valence-corrected chi connectivity index (χ0v) is 15.9. The number of fused-ring (bicyclic) bond motifs is 3. The molecule has 144 valence electrons. The fraction of sp³-hybridized carbons (Fsp3) is 0.174. The lowest BCUT2D eigenvalue weighted by Gasteiger charge is -2.17. The van der Waals surface area contributed by atoms with E-state index < -0.39 is 0 Å². The SMILES string of the molecule is Nc1ncnc2c1c(-c1cccc(NC(=O)c3ccccc3)c1)c1n2CCCC1. The summed E-state index contributed by atoms with van der Waals surface area (Å²) < 4.78 is 2.27. The predicted octanol–water partition coefficient (Wildman–Crippen LogP) is 4.27. The van der Waals surface area contributed by atoms with E-state index in [1.807, 2.05) is 36.4 Å². The van der Waals surface area contributed by atoms with Gasteiger partial charge in [0.2, 0.25) is 0 Å². The molecule has 29 heavy (non-hydrogen) atoms. The van der Waals surface area contributed by atoms with Crippen molar-refractivity contribution < 1.29 is 4.79 Å². The molecule has 2 aromatic heterocycles. The minimum Gasteiger partial charge on any atom is -0.383 e. The van der Waals surface area contributed by atoms with E-state index >= 15 is 0 Å². The van der Waals surface area contributed by atoms with E-state index in [-0.39, 0.29) is 5.91 Å². The lowest BCUT2D eigenvalue weighted by molar-refractivity contribution is 0.102. The van der Waals surface area contributed by atoms with Crippen LogP contribution in [0.15, 0.2) is 60.9 Å². The molecule has 0 aliphatic carbocycles. The molecule has 4 aromatic rings. The Morgan fingerprint density at radius 2 is 1.90 bits per heavy atom. The van der Waals surface area contributed by atoms with E-state index in [1.165, 1.54) is 12.0 Å². The van der Waals surface area contributed by atoms with Gasteiger partial charge in [-0.05, 0) is 49.1 Å². The van der Waals surface area contributed by atoms with Gasteiger partial charge in [-0.2, -0.15) is 0 Å². The first-order valence-electron chi connectivity index (χ1n) is 9.81. The number of nitrogen functional groups attached to an aromatic ring is 1. The van der Waals surface area contributed by atoms with Crippen LogP contribution in [0.25, 0.3) is 22.2 Å². The Morgan fingerprint density at radius 1 is 1.03 bits per heavy atom. The van der Waals surface area contributed by atoms with Crippen molar-refractivity contribution in [1.82, 2.24) is 14.5 Å². The van der Waals surface area contributed by atoms with Gasteiger partial charge in [0.15, 0.2) is 0 Å². The minimum absolute atomic E-state index is 0.130. The number of rotatable bonds is 3. The highest BCUT2D eigenvalue weighted by atomic mass is 16.1. The lowest BCUT2D eigenvalue weighted by atomic mass is 9.98. The van der Waals surface area contributed by atoms with Gasteiger partial charge in [0.05, 0.1) is 5.39 Å². The molecule has 0 spiro atoms. The quantitative estimate of drug-likeness (QED) is 0.553. The second kappa shape index (κ2) is 7.05. The van der Waals surface area contributed by atoms with Gasteiger partial charge in [-0.1, -0.05) is 30.3 Å². The van der Waals surface area contributed by atoms with Crippen LogP contribution in [0.3, 0.4) is 0 Å². The molecule has 0 radical (unpaired) electrons. The van der Waals surface area contributed by atoms with Gasteiger partial charge in [0, 0.05) is 29.1 Å². The lowest BCUT2D eigenvalue weighted by Crippen LogP contribution is -2.12. The van der Waals surface area contributed by atoms with Crippen molar-refractivity contribution in [2.45, 2.75) is 25.8 Å². The van der Waals surface area contributed by atoms with Crippen molar-refractivity contribution in [3.8, 4) is 11.1 Å². The standard InChI is InChI=1S/C23H21N5O/c24-21-20-19(18-11-4-5-12-28(18)22(20)26-14-25-21)16-9-6-10-17(13-16)27-23(29)15-7-2-1-3-8-15/h1-3,6-10,13-14H,4-5,11-12H2,(H,27,29)(H2,24,25,26). The third-order valence-electron chi connectivity index (χ3n) is 5.47. The van der Waals surface area contributed by atoms with Crippen molar-refractivity contribution in [3.63, 3.8) is 0 Å². The molecule has 1 amide bonds. The Balaban J connectivity index is 1.60. The Bertz CT molecular complexity index is 1210.